The van der Waals surface area contributed by atoms with E-state index in [9.17, 15) is 9.59 Å². The number of benzene rings is 3. The molecule has 0 aromatic heterocycles. The highest BCUT2D eigenvalue weighted by Crippen LogP contribution is 2.26. The summed E-state index contributed by atoms with van der Waals surface area (Å²) in [5.41, 5.74) is 1.95. The zero-order chi connectivity index (χ0) is 21.8. The lowest BCUT2D eigenvalue weighted by molar-refractivity contribution is -0.129. The highest BCUT2D eigenvalue weighted by Gasteiger charge is 2.25. The molecule has 154 valence electrons. The molecule has 3 aromatic rings. The molecule has 7 heteroatoms. The maximum Gasteiger partial charge on any atom is 0.363 e. The molecule has 4 rings (SSSR count). The van der Waals surface area contributed by atoms with Crippen molar-refractivity contribution in [1.29, 1.82) is 0 Å². The molecule has 0 spiro atoms. The molecule has 31 heavy (non-hydrogen) atoms. The molecular weight excluding hydrogens is 437 g/mol. The highest BCUT2D eigenvalue weighted by atomic mass is 35.5. The number of Topliss-reactive ketones (excluding diaryl/α,β-unsaturated/α-hetero) is 1. The average Bonchev–Trinajstić information content (AvgIpc) is 3.13. The molecule has 3 aromatic carbocycles. The van der Waals surface area contributed by atoms with E-state index in [0.717, 1.165) is 5.56 Å². The lowest BCUT2D eigenvalue weighted by Gasteiger charge is -2.06. The van der Waals surface area contributed by atoms with Gasteiger partial charge in [0.25, 0.3) is 0 Å². The largest absolute Gasteiger partial charge is 0.485 e. The van der Waals surface area contributed by atoms with Gasteiger partial charge in [0.05, 0.1) is 10.6 Å². The van der Waals surface area contributed by atoms with Crippen LogP contribution in [0.5, 0.6) is 5.75 Å². The van der Waals surface area contributed by atoms with E-state index in [1.165, 1.54) is 0 Å². The van der Waals surface area contributed by atoms with Crippen LogP contribution in [0.2, 0.25) is 10.0 Å². The van der Waals surface area contributed by atoms with Crippen LogP contribution in [-0.4, -0.2) is 24.3 Å². The second-order valence-corrected chi connectivity index (χ2v) is 7.45. The number of halogens is 2. The summed E-state index contributed by atoms with van der Waals surface area (Å²) in [6.45, 7) is -0.0632. The van der Waals surface area contributed by atoms with E-state index in [0.29, 0.717) is 26.9 Å². The van der Waals surface area contributed by atoms with Gasteiger partial charge in [-0.3, -0.25) is 4.79 Å². The minimum absolute atomic E-state index is 0.0632. The van der Waals surface area contributed by atoms with E-state index >= 15 is 0 Å². The molecule has 0 aliphatic carbocycles. The van der Waals surface area contributed by atoms with Crippen molar-refractivity contribution < 1.29 is 19.1 Å². The molecule has 0 atom stereocenters. The predicted octanol–water partition coefficient (Wildman–Crippen LogP) is 5.60. The number of hydrogen-bond acceptors (Lipinski definition) is 5. The third-order valence-electron chi connectivity index (χ3n) is 4.43. The van der Waals surface area contributed by atoms with E-state index in [4.69, 9.17) is 32.7 Å². The molecule has 0 unspecified atom stereocenters. The van der Waals surface area contributed by atoms with Crippen molar-refractivity contribution in [3.8, 4) is 5.75 Å². The fraction of sp³-hybridized carbons (Fsp3) is 0.0417. The van der Waals surface area contributed by atoms with Gasteiger partial charge < -0.3 is 9.47 Å². The molecule has 1 aliphatic heterocycles. The van der Waals surface area contributed by atoms with Gasteiger partial charge in [-0.15, -0.1) is 0 Å². The van der Waals surface area contributed by atoms with E-state index in [-0.39, 0.29) is 24.0 Å². The zero-order valence-electron chi connectivity index (χ0n) is 16.0. The molecule has 1 aliphatic rings. The Morgan fingerprint density at radius 3 is 2.45 bits per heavy atom. The normalized spacial score (nSPS) is 14.3. The molecule has 0 N–H and O–H groups in total. The molecule has 0 radical (unpaired) electrons. The number of ether oxygens (including phenoxy) is 2. The molecule has 0 bridgehead atoms. The van der Waals surface area contributed by atoms with Gasteiger partial charge in [-0.25, -0.2) is 9.79 Å². The second kappa shape index (κ2) is 9.16. The smallest absolute Gasteiger partial charge is 0.363 e. The summed E-state index contributed by atoms with van der Waals surface area (Å²) in [7, 11) is 0. The second-order valence-electron chi connectivity index (χ2n) is 6.61. The first kappa shape index (κ1) is 20.8. The highest BCUT2D eigenvalue weighted by molar-refractivity contribution is 6.37. The van der Waals surface area contributed by atoms with Crippen molar-refractivity contribution in [1.82, 2.24) is 0 Å². The Kier molecular flexibility index (Phi) is 6.16. The van der Waals surface area contributed by atoms with Gasteiger partial charge in [-0.1, -0.05) is 65.7 Å². The summed E-state index contributed by atoms with van der Waals surface area (Å²) in [6, 6.07) is 20.7. The molecule has 0 amide bonds. The van der Waals surface area contributed by atoms with Crippen molar-refractivity contribution in [3.05, 3.63) is 105 Å². The first-order chi connectivity index (χ1) is 15.0. The van der Waals surface area contributed by atoms with Crippen LogP contribution in [0.1, 0.15) is 21.5 Å². The number of rotatable bonds is 6. The van der Waals surface area contributed by atoms with Crippen molar-refractivity contribution >= 4 is 46.9 Å². The van der Waals surface area contributed by atoms with Crippen LogP contribution < -0.4 is 4.74 Å². The van der Waals surface area contributed by atoms with Gasteiger partial charge in [-0.05, 0) is 42.0 Å². The molecule has 1 heterocycles. The van der Waals surface area contributed by atoms with Crippen molar-refractivity contribution in [2.45, 2.75) is 0 Å². The van der Waals surface area contributed by atoms with Crippen molar-refractivity contribution in [3.63, 3.8) is 0 Å². The summed E-state index contributed by atoms with van der Waals surface area (Å²) in [5, 5.41) is 0.814. The summed E-state index contributed by atoms with van der Waals surface area (Å²) in [5.74, 6) is -0.0205. The topological polar surface area (TPSA) is 65.0 Å². The Hall–Kier alpha value is -3.41. The molecular formula is C24H15Cl2NO4. The third-order valence-corrected chi connectivity index (χ3v) is 4.98. The molecule has 5 nitrogen and oxygen atoms in total. The number of nitrogens with zero attached hydrogens (tertiary/aromatic N) is 1. The van der Waals surface area contributed by atoms with E-state index in [1.54, 1.807) is 72.8 Å². The number of hydrogen-bond donors (Lipinski definition) is 0. The molecule has 0 fully saturated rings. The quantitative estimate of drug-likeness (QED) is 0.278. The van der Waals surface area contributed by atoms with Gasteiger partial charge in [0, 0.05) is 10.6 Å². The minimum Gasteiger partial charge on any atom is -0.485 e. The maximum absolute atomic E-state index is 12.2. The van der Waals surface area contributed by atoms with Crippen LogP contribution in [0.25, 0.3) is 6.08 Å². The number of esters is 1. The Balaban J connectivity index is 1.44. The Morgan fingerprint density at radius 1 is 1.00 bits per heavy atom. The Bertz CT molecular complexity index is 1200. The number of carbonyl (C=O) groups excluding carboxylic acids is 2. The monoisotopic (exact) mass is 451 g/mol. The van der Waals surface area contributed by atoms with Gasteiger partial charge in [0.15, 0.2) is 18.1 Å². The van der Waals surface area contributed by atoms with Gasteiger partial charge in [-0.2, -0.15) is 0 Å². The van der Waals surface area contributed by atoms with Crippen molar-refractivity contribution in [2.75, 3.05) is 6.61 Å². The van der Waals surface area contributed by atoms with Gasteiger partial charge in [0.1, 0.15) is 5.75 Å². The average molecular weight is 452 g/mol. The van der Waals surface area contributed by atoms with Crippen LogP contribution in [0, 0.1) is 0 Å². The standard InChI is InChI=1S/C24H15Cl2NO4/c25-17-8-11-19(20(26)13-17)23-27-21(24(29)31-23)12-15-6-9-18(10-7-15)30-14-22(28)16-4-2-1-3-5-16/h1-13H,14H2/b21-12-. The lowest BCUT2D eigenvalue weighted by atomic mass is 10.1. The fourth-order valence-corrected chi connectivity index (χ4v) is 3.35. The van der Waals surface area contributed by atoms with Crippen LogP contribution in [0.4, 0.5) is 0 Å². The number of aliphatic imine (C=N–C) groups is 1. The van der Waals surface area contributed by atoms with Crippen LogP contribution >= 0.6 is 23.2 Å². The Labute approximate surface area is 188 Å². The first-order valence-electron chi connectivity index (χ1n) is 9.29. The van der Waals surface area contributed by atoms with Gasteiger partial charge in [0.2, 0.25) is 5.90 Å². The number of ketones is 1. The summed E-state index contributed by atoms with van der Waals surface area (Å²) < 4.78 is 10.8. The number of cyclic esters (lactones) is 1. The van der Waals surface area contributed by atoms with Gasteiger partial charge >= 0.3 is 5.97 Å². The van der Waals surface area contributed by atoms with E-state index < -0.39 is 5.97 Å². The first-order valence-corrected chi connectivity index (χ1v) is 10.0. The summed E-state index contributed by atoms with van der Waals surface area (Å²) in [6.07, 6.45) is 1.60. The van der Waals surface area contributed by atoms with E-state index in [2.05, 4.69) is 4.99 Å². The van der Waals surface area contributed by atoms with Crippen LogP contribution in [0.15, 0.2) is 83.5 Å². The Morgan fingerprint density at radius 2 is 1.74 bits per heavy atom. The van der Waals surface area contributed by atoms with Crippen LogP contribution in [0.3, 0.4) is 0 Å². The SMILES string of the molecule is O=C1OC(c2ccc(Cl)cc2Cl)=N/C1=C\c1ccc(OCC(=O)c2ccccc2)cc1. The lowest BCUT2D eigenvalue weighted by Crippen LogP contribution is -2.11. The molecule has 0 saturated carbocycles. The number of carbonyl (C=O) groups is 2. The fourth-order valence-electron chi connectivity index (χ4n) is 2.86. The third kappa shape index (κ3) is 5.02. The van der Waals surface area contributed by atoms with E-state index in [1.807, 2.05) is 6.07 Å². The predicted molar refractivity (Wildman–Crippen MR) is 120 cm³/mol. The summed E-state index contributed by atoms with van der Waals surface area (Å²) >= 11 is 12.1. The van der Waals surface area contributed by atoms with Crippen molar-refractivity contribution in [2.24, 2.45) is 4.99 Å². The maximum atomic E-state index is 12.2. The van der Waals surface area contributed by atoms with Crippen LogP contribution in [-0.2, 0) is 9.53 Å². The summed E-state index contributed by atoms with van der Waals surface area (Å²) in [4.78, 5) is 28.6. The minimum atomic E-state index is -0.574. The zero-order valence-corrected chi connectivity index (χ0v) is 17.6. The molecule has 0 saturated heterocycles.